The molecule has 1 aromatic rings. The van der Waals surface area contributed by atoms with Crippen LogP contribution in [0.25, 0.3) is 0 Å². The first-order valence-corrected chi connectivity index (χ1v) is 7.46. The number of likely N-dealkylation sites (N-methyl/N-ethyl adjacent to an activating group) is 1. The second kappa shape index (κ2) is 6.53. The second-order valence-corrected chi connectivity index (χ2v) is 5.43. The molecule has 0 atom stereocenters. The fourth-order valence-electron chi connectivity index (χ4n) is 1.54. The third-order valence-electron chi connectivity index (χ3n) is 2.63. The monoisotopic (exact) mass is 286 g/mol. The van der Waals surface area contributed by atoms with Crippen molar-refractivity contribution in [3.63, 3.8) is 0 Å². The molecule has 0 aromatic heterocycles. The van der Waals surface area contributed by atoms with Gasteiger partial charge in [-0.05, 0) is 38.1 Å². The van der Waals surface area contributed by atoms with E-state index < -0.39 is 10.0 Å². The molecule has 0 spiro atoms. The average molecular weight is 286 g/mol. The Hall–Kier alpha value is -1.60. The lowest BCUT2D eigenvalue weighted by molar-refractivity contribution is -0.132. The minimum absolute atomic E-state index is 0.00918. The van der Waals surface area contributed by atoms with Gasteiger partial charge in [-0.1, -0.05) is 0 Å². The smallest absolute Gasteiger partial charge is 0.260 e. The fraction of sp³-hybridized carbons (Fsp3) is 0.417. The maximum absolute atomic E-state index is 11.7. The molecule has 7 heteroatoms. The van der Waals surface area contributed by atoms with Gasteiger partial charge in [-0.15, -0.1) is 0 Å². The standard InChI is InChI=1S/C12H18N2O4S/c1-3-14(4-2)12(15)9-18-10-5-7-11(8-6-10)19(13,16)17/h5-8H,3-4,9H2,1-2H3,(H2,13,16,17). The van der Waals surface area contributed by atoms with Crippen LogP contribution in [0.4, 0.5) is 0 Å². The van der Waals surface area contributed by atoms with Crippen LogP contribution < -0.4 is 9.88 Å². The Morgan fingerprint density at radius 2 is 1.74 bits per heavy atom. The van der Waals surface area contributed by atoms with Crippen molar-refractivity contribution in [2.45, 2.75) is 18.7 Å². The van der Waals surface area contributed by atoms with Gasteiger partial charge in [0.25, 0.3) is 5.91 Å². The lowest BCUT2D eigenvalue weighted by Gasteiger charge is -2.18. The van der Waals surface area contributed by atoms with Crippen LogP contribution in [-0.4, -0.2) is 38.9 Å². The Morgan fingerprint density at radius 3 is 2.16 bits per heavy atom. The summed E-state index contributed by atoms with van der Waals surface area (Å²) >= 11 is 0. The Balaban J connectivity index is 2.62. The van der Waals surface area contributed by atoms with E-state index in [4.69, 9.17) is 9.88 Å². The first-order valence-electron chi connectivity index (χ1n) is 5.92. The van der Waals surface area contributed by atoms with Gasteiger partial charge in [-0.2, -0.15) is 0 Å². The first kappa shape index (κ1) is 15.5. The van der Waals surface area contributed by atoms with E-state index in [1.165, 1.54) is 24.3 Å². The van der Waals surface area contributed by atoms with Crippen molar-refractivity contribution in [3.8, 4) is 5.75 Å². The molecular formula is C12H18N2O4S. The predicted molar refractivity (Wildman–Crippen MR) is 71.2 cm³/mol. The molecule has 0 saturated carbocycles. The molecule has 0 fully saturated rings. The van der Waals surface area contributed by atoms with Crippen LogP contribution in [0.15, 0.2) is 29.2 Å². The first-order chi connectivity index (χ1) is 8.88. The van der Waals surface area contributed by atoms with Crippen LogP contribution in [0, 0.1) is 0 Å². The van der Waals surface area contributed by atoms with Crippen LogP contribution >= 0.6 is 0 Å². The van der Waals surface area contributed by atoms with Crippen molar-refractivity contribution in [1.29, 1.82) is 0 Å². The topological polar surface area (TPSA) is 89.7 Å². The van der Waals surface area contributed by atoms with Crippen molar-refractivity contribution in [3.05, 3.63) is 24.3 Å². The molecule has 0 heterocycles. The van der Waals surface area contributed by atoms with Crippen LogP contribution in [0.1, 0.15) is 13.8 Å². The molecule has 0 saturated heterocycles. The molecule has 1 aromatic carbocycles. The Kier molecular flexibility index (Phi) is 5.31. The summed E-state index contributed by atoms with van der Waals surface area (Å²) in [6, 6.07) is 5.61. The van der Waals surface area contributed by atoms with Crippen molar-refractivity contribution in [2.75, 3.05) is 19.7 Å². The van der Waals surface area contributed by atoms with Crippen LogP contribution in [0.3, 0.4) is 0 Å². The molecule has 106 valence electrons. The summed E-state index contributed by atoms with van der Waals surface area (Å²) in [4.78, 5) is 13.4. The zero-order valence-electron chi connectivity index (χ0n) is 11.0. The highest BCUT2D eigenvalue weighted by molar-refractivity contribution is 7.89. The molecule has 0 bridgehead atoms. The van der Waals surface area contributed by atoms with E-state index in [1.54, 1.807) is 4.90 Å². The molecule has 0 aliphatic heterocycles. The third kappa shape index (κ3) is 4.53. The molecule has 19 heavy (non-hydrogen) atoms. The fourth-order valence-corrected chi connectivity index (χ4v) is 2.05. The number of benzene rings is 1. The molecule has 1 rings (SSSR count). The van der Waals surface area contributed by atoms with E-state index in [0.717, 1.165) is 0 Å². The highest BCUT2D eigenvalue weighted by atomic mass is 32.2. The summed E-state index contributed by atoms with van der Waals surface area (Å²) in [5.41, 5.74) is 0. The van der Waals surface area contributed by atoms with E-state index in [1.807, 2.05) is 13.8 Å². The molecule has 1 amide bonds. The van der Waals surface area contributed by atoms with E-state index in [-0.39, 0.29) is 17.4 Å². The summed E-state index contributed by atoms with van der Waals surface area (Å²) in [6.07, 6.45) is 0. The van der Waals surface area contributed by atoms with E-state index >= 15 is 0 Å². The van der Waals surface area contributed by atoms with Gasteiger partial charge in [0.2, 0.25) is 10.0 Å². The molecule has 6 nitrogen and oxygen atoms in total. The number of amides is 1. The van der Waals surface area contributed by atoms with Gasteiger partial charge in [0.05, 0.1) is 4.90 Å². The van der Waals surface area contributed by atoms with Crippen LogP contribution in [0.5, 0.6) is 5.75 Å². The van der Waals surface area contributed by atoms with Crippen LogP contribution in [-0.2, 0) is 14.8 Å². The predicted octanol–water partition coefficient (Wildman–Crippen LogP) is 0.581. The minimum Gasteiger partial charge on any atom is -0.484 e. The average Bonchev–Trinajstić information content (AvgIpc) is 2.37. The van der Waals surface area contributed by atoms with Gasteiger partial charge >= 0.3 is 0 Å². The van der Waals surface area contributed by atoms with E-state index in [9.17, 15) is 13.2 Å². The maximum atomic E-state index is 11.7. The summed E-state index contributed by atoms with van der Waals surface area (Å²) in [5, 5.41) is 4.98. The number of rotatable bonds is 6. The summed E-state index contributed by atoms with van der Waals surface area (Å²) in [5.74, 6) is 0.313. The highest BCUT2D eigenvalue weighted by Gasteiger charge is 2.11. The number of carbonyl (C=O) groups excluding carboxylic acids is 1. The number of hydrogen-bond acceptors (Lipinski definition) is 4. The largest absolute Gasteiger partial charge is 0.484 e. The summed E-state index contributed by atoms with van der Waals surface area (Å²) < 4.78 is 27.4. The SMILES string of the molecule is CCN(CC)C(=O)COc1ccc(S(N)(=O)=O)cc1. The van der Waals surface area contributed by atoms with Gasteiger partial charge < -0.3 is 9.64 Å². The third-order valence-corrected chi connectivity index (χ3v) is 3.56. The molecule has 0 aliphatic carbocycles. The highest BCUT2D eigenvalue weighted by Crippen LogP contribution is 2.14. The molecule has 0 unspecified atom stereocenters. The number of hydrogen-bond donors (Lipinski definition) is 1. The lowest BCUT2D eigenvalue weighted by atomic mass is 10.3. The molecular weight excluding hydrogens is 268 g/mol. The van der Waals surface area contributed by atoms with E-state index in [0.29, 0.717) is 18.8 Å². The lowest BCUT2D eigenvalue weighted by Crippen LogP contribution is -2.34. The number of nitrogens with zero attached hydrogens (tertiary/aromatic N) is 1. The van der Waals surface area contributed by atoms with E-state index in [2.05, 4.69) is 0 Å². The number of nitrogens with two attached hydrogens (primary N) is 1. The minimum atomic E-state index is -3.70. The second-order valence-electron chi connectivity index (χ2n) is 3.87. The maximum Gasteiger partial charge on any atom is 0.260 e. The molecule has 2 N–H and O–H groups in total. The van der Waals surface area contributed by atoms with Crippen molar-refractivity contribution < 1.29 is 17.9 Å². The Labute approximate surface area is 113 Å². The van der Waals surface area contributed by atoms with Gasteiger partial charge in [-0.3, -0.25) is 4.79 Å². The molecule has 0 aliphatic rings. The number of carbonyl (C=O) groups is 1. The summed E-state index contributed by atoms with van der Waals surface area (Å²) in [7, 11) is -3.70. The zero-order chi connectivity index (χ0) is 14.5. The number of primary sulfonamides is 1. The van der Waals surface area contributed by atoms with Gasteiger partial charge in [-0.25, -0.2) is 13.6 Å². The van der Waals surface area contributed by atoms with Gasteiger partial charge in [0, 0.05) is 13.1 Å². The van der Waals surface area contributed by atoms with Crippen molar-refractivity contribution >= 4 is 15.9 Å². The quantitative estimate of drug-likeness (QED) is 0.828. The normalized spacial score (nSPS) is 11.1. The van der Waals surface area contributed by atoms with Crippen LogP contribution in [0.2, 0.25) is 0 Å². The Morgan fingerprint density at radius 1 is 1.21 bits per heavy atom. The summed E-state index contributed by atoms with van der Waals surface area (Å²) in [6.45, 7) is 4.97. The van der Waals surface area contributed by atoms with Crippen molar-refractivity contribution in [2.24, 2.45) is 5.14 Å². The number of sulfonamides is 1. The molecule has 0 radical (unpaired) electrons. The number of ether oxygens (including phenoxy) is 1. The van der Waals surface area contributed by atoms with Gasteiger partial charge in [0.15, 0.2) is 6.61 Å². The van der Waals surface area contributed by atoms with Crippen molar-refractivity contribution in [1.82, 2.24) is 4.90 Å². The van der Waals surface area contributed by atoms with Gasteiger partial charge in [0.1, 0.15) is 5.75 Å². The zero-order valence-corrected chi connectivity index (χ0v) is 11.8. The Bertz CT molecular complexity index is 521.